The van der Waals surface area contributed by atoms with Gasteiger partial charge in [-0.25, -0.2) is 8.42 Å². The highest BCUT2D eigenvalue weighted by atomic mass is 32.2. The van der Waals surface area contributed by atoms with Gasteiger partial charge >= 0.3 is 0 Å². The minimum Gasteiger partial charge on any atom is -0.354 e. The first-order valence-electron chi connectivity index (χ1n) is 7.80. The van der Waals surface area contributed by atoms with E-state index in [0.29, 0.717) is 5.56 Å². The summed E-state index contributed by atoms with van der Waals surface area (Å²) in [6, 6.07) is 10.1. The molecule has 1 aromatic heterocycles. The number of sulfone groups is 1. The first kappa shape index (κ1) is 18.1. The van der Waals surface area contributed by atoms with Crippen LogP contribution in [-0.2, 0) is 14.6 Å². The van der Waals surface area contributed by atoms with Gasteiger partial charge in [0.1, 0.15) is 5.25 Å². The van der Waals surface area contributed by atoms with Gasteiger partial charge < -0.3 is 5.32 Å². The monoisotopic (exact) mass is 346 g/mol. The largest absolute Gasteiger partial charge is 0.354 e. The number of benzene rings is 1. The van der Waals surface area contributed by atoms with E-state index in [1.54, 1.807) is 56.4 Å². The molecule has 1 N–H and O–H groups in total. The Morgan fingerprint density at radius 3 is 2.38 bits per heavy atom. The summed E-state index contributed by atoms with van der Waals surface area (Å²) in [6.45, 7) is 5.45. The van der Waals surface area contributed by atoms with E-state index in [4.69, 9.17) is 0 Å². The second-order valence-electron chi connectivity index (χ2n) is 6.03. The molecule has 24 heavy (non-hydrogen) atoms. The third-order valence-electron chi connectivity index (χ3n) is 3.77. The number of carbonyl (C=O) groups is 1. The van der Waals surface area contributed by atoms with Crippen molar-refractivity contribution in [3.63, 3.8) is 0 Å². The highest BCUT2D eigenvalue weighted by Gasteiger charge is 2.30. The van der Waals surface area contributed by atoms with E-state index < -0.39 is 15.1 Å². The van der Waals surface area contributed by atoms with Gasteiger partial charge in [-0.1, -0.05) is 37.6 Å². The number of carbonyl (C=O) groups excluding carboxylic acids is 1. The Bertz CT molecular complexity index is 785. The molecule has 0 aliphatic rings. The predicted molar refractivity (Wildman–Crippen MR) is 93.2 cm³/mol. The molecule has 0 saturated heterocycles. The number of hydrogen-bond acceptors (Lipinski definition) is 4. The van der Waals surface area contributed by atoms with E-state index in [2.05, 4.69) is 10.3 Å². The first-order valence-corrected chi connectivity index (χ1v) is 9.35. The summed E-state index contributed by atoms with van der Waals surface area (Å²) in [6.07, 6.45) is 3.11. The number of nitrogens with zero attached hydrogens (tertiary/aromatic N) is 1. The molecule has 0 spiro atoms. The van der Waals surface area contributed by atoms with Crippen molar-refractivity contribution in [3.8, 4) is 0 Å². The average Bonchev–Trinajstić information content (AvgIpc) is 2.56. The summed E-state index contributed by atoms with van der Waals surface area (Å²) in [5, 5.41) is 1.84. The average molecular weight is 346 g/mol. The molecule has 0 fully saturated rings. The standard InChI is InChI=1S/C18H22N2O3S/c1-13(2)18(21)20-12-17(15-5-4-10-19-11-15)24(22,23)16-8-6-14(3)7-9-16/h4-11,13,17H,12H2,1-3H3,(H,20,21)/t17-/m1/s1. The Morgan fingerprint density at radius 1 is 1.17 bits per heavy atom. The molecule has 1 aromatic carbocycles. The van der Waals surface area contributed by atoms with E-state index >= 15 is 0 Å². The van der Waals surface area contributed by atoms with Crippen LogP contribution < -0.4 is 5.32 Å². The first-order chi connectivity index (χ1) is 11.3. The van der Waals surface area contributed by atoms with Crippen LogP contribution >= 0.6 is 0 Å². The van der Waals surface area contributed by atoms with Gasteiger partial charge in [0.2, 0.25) is 5.91 Å². The SMILES string of the molecule is Cc1ccc(S(=O)(=O)[C@H](CNC(=O)C(C)C)c2cccnc2)cc1. The summed E-state index contributed by atoms with van der Waals surface area (Å²) in [7, 11) is -3.65. The van der Waals surface area contributed by atoms with Crippen LogP contribution in [0.15, 0.2) is 53.7 Å². The maximum Gasteiger partial charge on any atom is 0.222 e. The molecule has 0 aliphatic heterocycles. The molecule has 2 aromatic rings. The van der Waals surface area contributed by atoms with Gasteiger partial charge in [-0.2, -0.15) is 0 Å². The molecule has 2 rings (SSSR count). The van der Waals surface area contributed by atoms with Crippen LogP contribution in [0, 0.1) is 12.8 Å². The minimum atomic E-state index is -3.65. The summed E-state index contributed by atoms with van der Waals surface area (Å²) in [4.78, 5) is 16.1. The molecule has 0 aliphatic carbocycles. The van der Waals surface area contributed by atoms with E-state index in [9.17, 15) is 13.2 Å². The van der Waals surface area contributed by atoms with Crippen LogP contribution in [-0.4, -0.2) is 25.9 Å². The van der Waals surface area contributed by atoms with Crippen molar-refractivity contribution in [3.05, 3.63) is 59.9 Å². The lowest BCUT2D eigenvalue weighted by molar-refractivity contribution is -0.123. The Balaban J connectivity index is 2.38. The predicted octanol–water partition coefficient (Wildman–Crippen LogP) is 2.68. The van der Waals surface area contributed by atoms with Gasteiger partial charge in [0.05, 0.1) is 4.90 Å². The lowest BCUT2D eigenvalue weighted by atomic mass is 10.2. The Morgan fingerprint density at radius 2 is 1.83 bits per heavy atom. The molecule has 5 nitrogen and oxygen atoms in total. The zero-order valence-electron chi connectivity index (χ0n) is 14.1. The Kier molecular flexibility index (Phi) is 5.72. The number of aromatic nitrogens is 1. The molecule has 0 unspecified atom stereocenters. The lowest BCUT2D eigenvalue weighted by Crippen LogP contribution is -2.34. The maximum absolute atomic E-state index is 13.0. The third kappa shape index (κ3) is 4.20. The van der Waals surface area contributed by atoms with Gasteiger partial charge in [-0.05, 0) is 30.7 Å². The number of aryl methyl sites for hydroxylation is 1. The summed E-state index contributed by atoms with van der Waals surface area (Å²) in [5.41, 5.74) is 1.54. The molecular formula is C18H22N2O3S. The number of nitrogens with one attached hydrogen (secondary N) is 1. The summed E-state index contributed by atoms with van der Waals surface area (Å²) < 4.78 is 26.1. The molecule has 1 amide bonds. The van der Waals surface area contributed by atoms with Crippen molar-refractivity contribution in [2.24, 2.45) is 5.92 Å². The molecular weight excluding hydrogens is 324 g/mol. The van der Waals surface area contributed by atoms with Crippen LogP contribution in [0.1, 0.15) is 30.2 Å². The van der Waals surface area contributed by atoms with E-state index in [1.807, 2.05) is 6.92 Å². The normalized spacial score (nSPS) is 12.8. The van der Waals surface area contributed by atoms with Crippen molar-refractivity contribution in [1.82, 2.24) is 10.3 Å². The fourth-order valence-corrected chi connectivity index (χ4v) is 3.91. The van der Waals surface area contributed by atoms with Crippen LogP contribution in [0.2, 0.25) is 0 Å². The molecule has 128 valence electrons. The van der Waals surface area contributed by atoms with Crippen molar-refractivity contribution in [1.29, 1.82) is 0 Å². The van der Waals surface area contributed by atoms with Crippen molar-refractivity contribution < 1.29 is 13.2 Å². The van der Waals surface area contributed by atoms with Crippen LogP contribution in [0.25, 0.3) is 0 Å². The minimum absolute atomic E-state index is 0.0128. The van der Waals surface area contributed by atoms with Crippen LogP contribution in [0.5, 0.6) is 0 Å². The van der Waals surface area contributed by atoms with Gasteiger partial charge in [0.25, 0.3) is 0 Å². The van der Waals surface area contributed by atoms with Crippen LogP contribution in [0.3, 0.4) is 0 Å². The molecule has 1 atom stereocenters. The van der Waals surface area contributed by atoms with Crippen molar-refractivity contribution in [2.45, 2.75) is 30.9 Å². The van der Waals surface area contributed by atoms with Crippen molar-refractivity contribution >= 4 is 15.7 Å². The van der Waals surface area contributed by atoms with E-state index in [0.717, 1.165) is 5.56 Å². The topological polar surface area (TPSA) is 76.1 Å². The van der Waals surface area contributed by atoms with Gasteiger partial charge in [0.15, 0.2) is 9.84 Å². The maximum atomic E-state index is 13.0. The smallest absolute Gasteiger partial charge is 0.222 e. The lowest BCUT2D eigenvalue weighted by Gasteiger charge is -2.19. The second kappa shape index (κ2) is 7.57. The van der Waals surface area contributed by atoms with Gasteiger partial charge in [-0.3, -0.25) is 9.78 Å². The van der Waals surface area contributed by atoms with Crippen LogP contribution in [0.4, 0.5) is 0 Å². The molecule has 6 heteroatoms. The van der Waals surface area contributed by atoms with Crippen molar-refractivity contribution in [2.75, 3.05) is 6.54 Å². The second-order valence-corrected chi connectivity index (χ2v) is 8.16. The summed E-state index contributed by atoms with van der Waals surface area (Å²) in [5.74, 6) is -0.385. The quantitative estimate of drug-likeness (QED) is 0.872. The fourth-order valence-electron chi connectivity index (χ4n) is 2.26. The Hall–Kier alpha value is -2.21. The number of rotatable bonds is 6. The highest BCUT2D eigenvalue weighted by molar-refractivity contribution is 7.91. The Labute approximate surface area is 143 Å². The zero-order valence-corrected chi connectivity index (χ0v) is 14.9. The van der Waals surface area contributed by atoms with E-state index in [1.165, 1.54) is 6.20 Å². The van der Waals surface area contributed by atoms with E-state index in [-0.39, 0.29) is 23.3 Å². The molecule has 0 radical (unpaired) electrons. The summed E-state index contributed by atoms with van der Waals surface area (Å²) >= 11 is 0. The number of pyridine rings is 1. The molecule has 0 saturated carbocycles. The number of amides is 1. The van der Waals surface area contributed by atoms with Gasteiger partial charge in [-0.15, -0.1) is 0 Å². The fraction of sp³-hybridized carbons (Fsp3) is 0.333. The van der Waals surface area contributed by atoms with Gasteiger partial charge in [0, 0.05) is 24.9 Å². The third-order valence-corrected chi connectivity index (χ3v) is 5.88. The molecule has 1 heterocycles. The number of hydrogen-bond donors (Lipinski definition) is 1. The highest BCUT2D eigenvalue weighted by Crippen LogP contribution is 2.28. The zero-order chi connectivity index (χ0) is 17.7. The molecule has 0 bridgehead atoms.